The SMILES string of the molecule is COc1cc(OC)cc(C(=CC#N)c2ccc(OC)c(O[Si](C)(C)C(C)(C)C)c2)c1. The van der Waals surface area contributed by atoms with Crippen molar-refractivity contribution in [2.75, 3.05) is 21.3 Å². The molecule has 5 nitrogen and oxygen atoms in total. The number of methoxy groups -OCH3 is 3. The van der Waals surface area contributed by atoms with E-state index in [4.69, 9.17) is 18.6 Å². The summed E-state index contributed by atoms with van der Waals surface area (Å²) in [5, 5.41) is 9.48. The second-order valence-corrected chi connectivity index (χ2v) is 13.2. The standard InChI is InChI=1S/C24H31NO4Si/c1-24(2,3)30(7,8)29-23-15-17(9-10-22(23)28-6)21(11-12-25)18-13-19(26-4)16-20(14-18)27-5/h9-11,13-16H,1-8H3. The van der Waals surface area contributed by atoms with Crippen LogP contribution in [0.15, 0.2) is 42.5 Å². The lowest BCUT2D eigenvalue weighted by Gasteiger charge is -2.36. The van der Waals surface area contributed by atoms with Gasteiger partial charge in [-0.15, -0.1) is 0 Å². The molecule has 0 radical (unpaired) electrons. The van der Waals surface area contributed by atoms with E-state index in [9.17, 15) is 5.26 Å². The van der Waals surface area contributed by atoms with Crippen molar-refractivity contribution in [1.29, 1.82) is 5.26 Å². The van der Waals surface area contributed by atoms with Crippen molar-refractivity contribution in [3.8, 4) is 29.1 Å². The van der Waals surface area contributed by atoms with Crippen LogP contribution in [0.25, 0.3) is 5.57 Å². The number of ether oxygens (including phenoxy) is 3. The van der Waals surface area contributed by atoms with Gasteiger partial charge in [0, 0.05) is 12.1 Å². The van der Waals surface area contributed by atoms with Crippen molar-refractivity contribution in [3.05, 3.63) is 53.6 Å². The van der Waals surface area contributed by atoms with E-state index in [1.165, 1.54) is 6.08 Å². The lowest BCUT2D eigenvalue weighted by Crippen LogP contribution is -2.43. The molecule has 0 saturated heterocycles. The van der Waals surface area contributed by atoms with Crippen LogP contribution in [0, 0.1) is 11.3 Å². The van der Waals surface area contributed by atoms with Crippen LogP contribution in [0.5, 0.6) is 23.0 Å². The van der Waals surface area contributed by atoms with E-state index in [1.807, 2.05) is 30.3 Å². The van der Waals surface area contributed by atoms with Crippen molar-refractivity contribution in [3.63, 3.8) is 0 Å². The van der Waals surface area contributed by atoms with Gasteiger partial charge < -0.3 is 18.6 Å². The Morgan fingerprint density at radius 1 is 0.867 bits per heavy atom. The van der Waals surface area contributed by atoms with Gasteiger partial charge in [-0.2, -0.15) is 5.26 Å². The number of nitriles is 1. The molecule has 2 aromatic carbocycles. The summed E-state index contributed by atoms with van der Waals surface area (Å²) in [6, 6.07) is 13.4. The van der Waals surface area contributed by atoms with Crippen LogP contribution in [-0.2, 0) is 0 Å². The average Bonchev–Trinajstić information content (AvgIpc) is 2.70. The molecule has 160 valence electrons. The first kappa shape index (κ1) is 23.4. The molecular formula is C24H31NO4Si. The largest absolute Gasteiger partial charge is 0.541 e. The maximum atomic E-state index is 9.44. The van der Waals surface area contributed by atoms with Crippen molar-refractivity contribution in [2.45, 2.75) is 38.9 Å². The third-order valence-corrected chi connectivity index (χ3v) is 9.86. The number of nitrogens with zero attached hydrogens (tertiary/aromatic N) is 1. The van der Waals surface area contributed by atoms with E-state index in [-0.39, 0.29) is 5.04 Å². The maximum absolute atomic E-state index is 9.44. The van der Waals surface area contributed by atoms with Gasteiger partial charge in [-0.1, -0.05) is 26.8 Å². The van der Waals surface area contributed by atoms with Crippen LogP contribution in [-0.4, -0.2) is 29.6 Å². The summed E-state index contributed by atoms with van der Waals surface area (Å²) in [6.07, 6.45) is 1.52. The molecule has 2 rings (SSSR count). The highest BCUT2D eigenvalue weighted by molar-refractivity contribution is 6.74. The highest BCUT2D eigenvalue weighted by Crippen LogP contribution is 2.41. The fourth-order valence-electron chi connectivity index (χ4n) is 2.71. The van der Waals surface area contributed by atoms with Crippen molar-refractivity contribution < 1.29 is 18.6 Å². The number of benzene rings is 2. The molecule has 0 spiro atoms. The Labute approximate surface area is 181 Å². The Hall–Kier alpha value is -2.91. The summed E-state index contributed by atoms with van der Waals surface area (Å²) in [7, 11) is 2.75. The molecule has 0 aliphatic carbocycles. The van der Waals surface area contributed by atoms with E-state index in [0.717, 1.165) is 16.7 Å². The van der Waals surface area contributed by atoms with Crippen LogP contribution in [0.4, 0.5) is 0 Å². The molecule has 0 heterocycles. The molecule has 0 aliphatic rings. The highest BCUT2D eigenvalue weighted by atomic mass is 28.4. The Kier molecular flexibility index (Phi) is 7.22. The quantitative estimate of drug-likeness (QED) is 0.399. The maximum Gasteiger partial charge on any atom is 0.250 e. The molecule has 0 N–H and O–H groups in total. The minimum atomic E-state index is -2.08. The molecule has 0 fully saturated rings. The highest BCUT2D eigenvalue weighted by Gasteiger charge is 2.39. The van der Waals surface area contributed by atoms with Crippen LogP contribution in [0.2, 0.25) is 18.1 Å². The Bertz CT molecular complexity index is 946. The van der Waals surface area contributed by atoms with E-state index >= 15 is 0 Å². The molecule has 2 aromatic rings. The van der Waals surface area contributed by atoms with Crippen molar-refractivity contribution in [2.24, 2.45) is 0 Å². The van der Waals surface area contributed by atoms with Gasteiger partial charge in [-0.05, 0) is 59.1 Å². The number of rotatable bonds is 7. The molecule has 0 unspecified atom stereocenters. The number of hydrogen-bond acceptors (Lipinski definition) is 5. The first-order valence-corrected chi connectivity index (χ1v) is 12.7. The summed E-state index contributed by atoms with van der Waals surface area (Å²) < 4.78 is 22.9. The van der Waals surface area contributed by atoms with E-state index in [0.29, 0.717) is 23.0 Å². The van der Waals surface area contributed by atoms with Gasteiger partial charge >= 0.3 is 0 Å². The monoisotopic (exact) mass is 425 g/mol. The van der Waals surface area contributed by atoms with Crippen LogP contribution in [0.3, 0.4) is 0 Å². The Morgan fingerprint density at radius 3 is 1.93 bits per heavy atom. The zero-order valence-electron chi connectivity index (χ0n) is 19.1. The summed E-state index contributed by atoms with van der Waals surface area (Å²) >= 11 is 0. The lowest BCUT2D eigenvalue weighted by molar-refractivity contribution is 0.386. The first-order chi connectivity index (χ1) is 14.1. The fraction of sp³-hybridized carbons (Fsp3) is 0.375. The lowest BCUT2D eigenvalue weighted by atomic mass is 9.97. The van der Waals surface area contributed by atoms with Gasteiger partial charge in [0.15, 0.2) is 5.75 Å². The molecule has 0 bridgehead atoms. The minimum absolute atomic E-state index is 0.0412. The van der Waals surface area contributed by atoms with Gasteiger partial charge in [0.25, 0.3) is 8.32 Å². The second-order valence-electron chi connectivity index (χ2n) is 8.52. The van der Waals surface area contributed by atoms with Gasteiger partial charge in [0.05, 0.1) is 27.4 Å². The van der Waals surface area contributed by atoms with Gasteiger partial charge in [0.1, 0.15) is 17.2 Å². The summed E-state index contributed by atoms with van der Waals surface area (Å²) in [6.45, 7) is 11.0. The van der Waals surface area contributed by atoms with E-state index < -0.39 is 8.32 Å². The summed E-state index contributed by atoms with van der Waals surface area (Å²) in [4.78, 5) is 0. The summed E-state index contributed by atoms with van der Waals surface area (Å²) in [5.74, 6) is 2.65. The molecule has 30 heavy (non-hydrogen) atoms. The zero-order chi connectivity index (χ0) is 22.5. The predicted octanol–water partition coefficient (Wildman–Crippen LogP) is 6.05. The number of allylic oxidation sites excluding steroid dienone is 1. The van der Waals surface area contributed by atoms with E-state index in [1.54, 1.807) is 27.4 Å². The molecule has 6 heteroatoms. The third-order valence-electron chi connectivity index (χ3n) is 5.52. The van der Waals surface area contributed by atoms with E-state index in [2.05, 4.69) is 39.9 Å². The Morgan fingerprint density at radius 2 is 1.47 bits per heavy atom. The van der Waals surface area contributed by atoms with Crippen LogP contribution >= 0.6 is 0 Å². The molecule has 0 saturated carbocycles. The van der Waals surface area contributed by atoms with Crippen molar-refractivity contribution in [1.82, 2.24) is 0 Å². The number of hydrogen-bond donors (Lipinski definition) is 0. The van der Waals surface area contributed by atoms with Crippen LogP contribution in [0.1, 0.15) is 31.9 Å². The second kappa shape index (κ2) is 9.27. The smallest absolute Gasteiger partial charge is 0.250 e. The average molecular weight is 426 g/mol. The van der Waals surface area contributed by atoms with Gasteiger partial charge in [-0.25, -0.2) is 0 Å². The fourth-order valence-corrected chi connectivity index (χ4v) is 3.73. The molecule has 0 aromatic heterocycles. The van der Waals surface area contributed by atoms with Gasteiger partial charge in [0.2, 0.25) is 0 Å². The summed E-state index contributed by atoms with van der Waals surface area (Å²) in [5.41, 5.74) is 2.41. The predicted molar refractivity (Wildman–Crippen MR) is 123 cm³/mol. The topological polar surface area (TPSA) is 60.7 Å². The molecule has 0 atom stereocenters. The van der Waals surface area contributed by atoms with Crippen molar-refractivity contribution >= 4 is 13.9 Å². The normalized spacial score (nSPS) is 12.2. The zero-order valence-corrected chi connectivity index (χ0v) is 20.1. The van der Waals surface area contributed by atoms with Crippen LogP contribution < -0.4 is 18.6 Å². The Balaban J connectivity index is 2.61. The molecular weight excluding hydrogens is 394 g/mol. The van der Waals surface area contributed by atoms with Gasteiger partial charge in [-0.3, -0.25) is 0 Å². The minimum Gasteiger partial charge on any atom is -0.541 e. The molecule has 0 amide bonds. The first-order valence-electron chi connectivity index (χ1n) is 9.77. The molecule has 0 aliphatic heterocycles. The third kappa shape index (κ3) is 5.16.